The molecule has 0 aliphatic heterocycles. The van der Waals surface area contributed by atoms with E-state index in [1.165, 1.54) is 12.1 Å². The van der Waals surface area contributed by atoms with Gasteiger partial charge in [0.15, 0.2) is 0 Å². The maximum Gasteiger partial charge on any atom is 0.270 e. The second-order valence-electron chi connectivity index (χ2n) is 3.12. The molecule has 0 saturated carbocycles. The third-order valence-electron chi connectivity index (χ3n) is 2.01. The fraction of sp³-hybridized carbons (Fsp3) is 0.400. The van der Waals surface area contributed by atoms with E-state index in [9.17, 15) is 9.18 Å². The third kappa shape index (κ3) is 3.28. The molecule has 0 fully saturated rings. The Morgan fingerprint density at radius 2 is 2.40 bits per heavy atom. The van der Waals surface area contributed by atoms with Crippen molar-refractivity contribution in [3.63, 3.8) is 0 Å². The number of aromatic nitrogens is 1. The van der Waals surface area contributed by atoms with Gasteiger partial charge in [-0.25, -0.2) is 9.37 Å². The average Bonchev–Trinajstić information content (AvgIpc) is 2.26. The summed E-state index contributed by atoms with van der Waals surface area (Å²) in [6, 6.07) is 2.18. The summed E-state index contributed by atoms with van der Waals surface area (Å²) >= 11 is 0. The molecule has 5 heteroatoms. The molecule has 0 radical (unpaired) electrons. The van der Waals surface area contributed by atoms with Gasteiger partial charge in [0.05, 0.1) is 18.8 Å². The summed E-state index contributed by atoms with van der Waals surface area (Å²) in [5.41, 5.74) is 0.142. The first kappa shape index (κ1) is 11.6. The Labute approximate surface area is 87.1 Å². The van der Waals surface area contributed by atoms with Gasteiger partial charge in [-0.2, -0.15) is 0 Å². The van der Waals surface area contributed by atoms with Crippen LogP contribution in [0, 0.1) is 5.82 Å². The van der Waals surface area contributed by atoms with Gasteiger partial charge in [0.25, 0.3) is 5.91 Å². The Hall–Kier alpha value is -1.49. The number of aliphatic hydroxyl groups excluding tert-OH is 1. The van der Waals surface area contributed by atoms with E-state index in [0.29, 0.717) is 6.42 Å². The Kier molecular flexibility index (Phi) is 4.17. The number of amides is 1. The first-order chi connectivity index (χ1) is 7.17. The van der Waals surface area contributed by atoms with Gasteiger partial charge < -0.3 is 10.4 Å². The zero-order valence-corrected chi connectivity index (χ0v) is 8.40. The predicted molar refractivity (Wildman–Crippen MR) is 52.8 cm³/mol. The molecule has 0 aromatic carbocycles. The SMILES string of the molecule is CC[C@@H](CO)NC(=O)c1ccc(F)cn1. The Balaban J connectivity index is 2.64. The minimum Gasteiger partial charge on any atom is -0.394 e. The van der Waals surface area contributed by atoms with Crippen LogP contribution in [0.1, 0.15) is 23.8 Å². The first-order valence-electron chi connectivity index (χ1n) is 4.70. The van der Waals surface area contributed by atoms with Crippen LogP contribution in [-0.2, 0) is 0 Å². The van der Waals surface area contributed by atoms with E-state index in [4.69, 9.17) is 5.11 Å². The van der Waals surface area contributed by atoms with E-state index < -0.39 is 11.7 Å². The van der Waals surface area contributed by atoms with Crippen molar-refractivity contribution in [1.29, 1.82) is 0 Å². The highest BCUT2D eigenvalue weighted by Crippen LogP contribution is 1.99. The minimum atomic E-state index is -0.485. The van der Waals surface area contributed by atoms with E-state index in [1.54, 1.807) is 0 Å². The monoisotopic (exact) mass is 212 g/mol. The van der Waals surface area contributed by atoms with Crippen LogP contribution in [0.4, 0.5) is 4.39 Å². The van der Waals surface area contributed by atoms with Crippen LogP contribution in [0.15, 0.2) is 18.3 Å². The van der Waals surface area contributed by atoms with Gasteiger partial charge >= 0.3 is 0 Å². The number of carbonyl (C=O) groups is 1. The van der Waals surface area contributed by atoms with Crippen LogP contribution in [-0.4, -0.2) is 28.6 Å². The van der Waals surface area contributed by atoms with Gasteiger partial charge in [0.1, 0.15) is 11.5 Å². The summed E-state index contributed by atoms with van der Waals surface area (Å²) in [5.74, 6) is -0.892. The number of halogens is 1. The van der Waals surface area contributed by atoms with Crippen molar-refractivity contribution in [2.45, 2.75) is 19.4 Å². The van der Waals surface area contributed by atoms with Crippen LogP contribution in [0.2, 0.25) is 0 Å². The number of pyridine rings is 1. The Bertz CT molecular complexity index is 323. The Morgan fingerprint density at radius 3 is 2.87 bits per heavy atom. The number of carbonyl (C=O) groups excluding carboxylic acids is 1. The van der Waals surface area contributed by atoms with Crippen molar-refractivity contribution in [2.75, 3.05) is 6.61 Å². The molecule has 0 saturated heterocycles. The van der Waals surface area contributed by atoms with Gasteiger partial charge in [-0.1, -0.05) is 6.92 Å². The zero-order chi connectivity index (χ0) is 11.3. The molecule has 4 nitrogen and oxygen atoms in total. The summed E-state index contributed by atoms with van der Waals surface area (Å²) in [6.45, 7) is 1.72. The van der Waals surface area contributed by atoms with Gasteiger partial charge in [-0.05, 0) is 18.6 Å². The molecular weight excluding hydrogens is 199 g/mol. The van der Waals surface area contributed by atoms with Crippen molar-refractivity contribution < 1.29 is 14.3 Å². The lowest BCUT2D eigenvalue weighted by atomic mass is 10.2. The molecular formula is C10H13FN2O2. The highest BCUT2D eigenvalue weighted by Gasteiger charge is 2.11. The van der Waals surface area contributed by atoms with E-state index in [2.05, 4.69) is 10.3 Å². The van der Waals surface area contributed by atoms with Gasteiger partial charge in [-0.3, -0.25) is 4.79 Å². The molecule has 1 amide bonds. The number of hydrogen-bond acceptors (Lipinski definition) is 3. The number of hydrogen-bond donors (Lipinski definition) is 2. The number of rotatable bonds is 4. The van der Waals surface area contributed by atoms with E-state index >= 15 is 0 Å². The molecule has 15 heavy (non-hydrogen) atoms. The highest BCUT2D eigenvalue weighted by molar-refractivity contribution is 5.92. The standard InChI is InChI=1S/C10H13FN2O2/c1-2-8(6-14)13-10(15)9-4-3-7(11)5-12-9/h3-5,8,14H,2,6H2,1H3,(H,13,15)/t8-/m0/s1. The van der Waals surface area contributed by atoms with Crippen molar-refractivity contribution in [1.82, 2.24) is 10.3 Å². The summed E-state index contributed by atoms with van der Waals surface area (Å²) in [5, 5.41) is 11.4. The molecule has 82 valence electrons. The lowest BCUT2D eigenvalue weighted by Crippen LogP contribution is -2.37. The van der Waals surface area contributed by atoms with Crippen molar-refractivity contribution in [2.24, 2.45) is 0 Å². The van der Waals surface area contributed by atoms with E-state index in [1.807, 2.05) is 6.92 Å². The average molecular weight is 212 g/mol. The number of nitrogens with zero attached hydrogens (tertiary/aromatic N) is 1. The first-order valence-corrected chi connectivity index (χ1v) is 4.70. The van der Waals surface area contributed by atoms with Crippen LogP contribution < -0.4 is 5.32 Å². The fourth-order valence-corrected chi connectivity index (χ4v) is 1.05. The van der Waals surface area contributed by atoms with Crippen molar-refractivity contribution in [3.8, 4) is 0 Å². The topological polar surface area (TPSA) is 62.2 Å². The molecule has 0 spiro atoms. The highest BCUT2D eigenvalue weighted by atomic mass is 19.1. The largest absolute Gasteiger partial charge is 0.394 e. The molecule has 0 aliphatic carbocycles. The van der Waals surface area contributed by atoms with Gasteiger partial charge in [0.2, 0.25) is 0 Å². The van der Waals surface area contributed by atoms with Gasteiger partial charge in [0, 0.05) is 0 Å². The lowest BCUT2D eigenvalue weighted by molar-refractivity contribution is 0.0910. The molecule has 1 rings (SSSR count). The van der Waals surface area contributed by atoms with Crippen molar-refractivity contribution >= 4 is 5.91 Å². The summed E-state index contributed by atoms with van der Waals surface area (Å²) in [4.78, 5) is 15.1. The van der Waals surface area contributed by atoms with Crippen LogP contribution in [0.3, 0.4) is 0 Å². The molecule has 1 aromatic heterocycles. The van der Waals surface area contributed by atoms with Crippen LogP contribution in [0.25, 0.3) is 0 Å². The zero-order valence-electron chi connectivity index (χ0n) is 8.40. The minimum absolute atomic E-state index is 0.122. The normalized spacial score (nSPS) is 12.2. The molecule has 0 bridgehead atoms. The smallest absolute Gasteiger partial charge is 0.270 e. The second-order valence-corrected chi connectivity index (χ2v) is 3.12. The quantitative estimate of drug-likeness (QED) is 0.773. The molecule has 2 N–H and O–H groups in total. The maximum absolute atomic E-state index is 12.5. The van der Waals surface area contributed by atoms with Gasteiger partial charge in [-0.15, -0.1) is 0 Å². The second kappa shape index (κ2) is 5.41. The number of nitrogens with one attached hydrogen (secondary N) is 1. The van der Waals surface area contributed by atoms with E-state index in [0.717, 1.165) is 6.20 Å². The fourth-order valence-electron chi connectivity index (χ4n) is 1.05. The molecule has 0 aliphatic rings. The molecule has 1 aromatic rings. The summed E-state index contributed by atoms with van der Waals surface area (Å²) in [6.07, 6.45) is 1.61. The molecule has 1 atom stereocenters. The number of aliphatic hydroxyl groups is 1. The maximum atomic E-state index is 12.5. The third-order valence-corrected chi connectivity index (χ3v) is 2.01. The Morgan fingerprint density at radius 1 is 1.67 bits per heavy atom. The lowest BCUT2D eigenvalue weighted by Gasteiger charge is -2.13. The molecule has 0 unspecified atom stereocenters. The van der Waals surface area contributed by atoms with E-state index in [-0.39, 0.29) is 18.3 Å². The predicted octanol–water partition coefficient (Wildman–Crippen LogP) is 0.721. The van der Waals surface area contributed by atoms with Crippen LogP contribution >= 0.6 is 0 Å². The van der Waals surface area contributed by atoms with Crippen LogP contribution in [0.5, 0.6) is 0 Å². The summed E-state index contributed by atoms with van der Waals surface area (Å²) in [7, 11) is 0. The van der Waals surface area contributed by atoms with Crippen molar-refractivity contribution in [3.05, 3.63) is 29.8 Å². The summed E-state index contributed by atoms with van der Waals surface area (Å²) < 4.78 is 12.5. The molecule has 1 heterocycles.